The summed E-state index contributed by atoms with van der Waals surface area (Å²) in [6.07, 6.45) is 1.08. The third-order valence-corrected chi connectivity index (χ3v) is 3.72. The van der Waals surface area contributed by atoms with Gasteiger partial charge in [0.25, 0.3) is 5.91 Å². The molecule has 0 saturated heterocycles. The molecule has 0 aliphatic rings. The normalized spacial score (nSPS) is 10.9. The number of methoxy groups -OCH3 is 1. The van der Waals surface area contributed by atoms with Crippen LogP contribution in [0.15, 0.2) is 42.5 Å². The number of carbonyl (C=O) groups is 1. The van der Waals surface area contributed by atoms with Crippen molar-refractivity contribution >= 4 is 27.3 Å². The van der Waals surface area contributed by atoms with E-state index in [-0.39, 0.29) is 5.91 Å². The van der Waals surface area contributed by atoms with Gasteiger partial charge < -0.3 is 10.1 Å². The van der Waals surface area contributed by atoms with Crippen molar-refractivity contribution in [2.45, 2.75) is 6.92 Å². The zero-order valence-electron chi connectivity index (χ0n) is 13.1. The average molecular weight is 334 g/mol. The highest BCUT2D eigenvalue weighted by Crippen LogP contribution is 2.20. The number of hydrogen-bond acceptors (Lipinski definition) is 4. The van der Waals surface area contributed by atoms with Crippen molar-refractivity contribution in [2.75, 3.05) is 23.4 Å². The molecule has 0 unspecified atom stereocenters. The number of carbonyl (C=O) groups excluding carboxylic acids is 1. The molecule has 122 valence electrons. The van der Waals surface area contributed by atoms with Gasteiger partial charge in [-0.1, -0.05) is 6.07 Å². The molecule has 0 saturated carbocycles. The van der Waals surface area contributed by atoms with E-state index in [1.54, 1.807) is 43.5 Å². The zero-order chi connectivity index (χ0) is 17.0. The van der Waals surface area contributed by atoms with Crippen molar-refractivity contribution in [1.29, 1.82) is 0 Å². The minimum Gasteiger partial charge on any atom is -0.496 e. The summed E-state index contributed by atoms with van der Waals surface area (Å²) in [7, 11) is -1.77. The lowest BCUT2D eigenvalue weighted by molar-refractivity contribution is 0.102. The number of benzene rings is 2. The van der Waals surface area contributed by atoms with E-state index < -0.39 is 10.0 Å². The molecule has 23 heavy (non-hydrogen) atoms. The second-order valence-electron chi connectivity index (χ2n) is 5.09. The molecule has 0 heterocycles. The number of anilines is 2. The van der Waals surface area contributed by atoms with E-state index in [0.29, 0.717) is 22.7 Å². The topological polar surface area (TPSA) is 84.5 Å². The maximum atomic E-state index is 12.2. The third-order valence-electron chi connectivity index (χ3n) is 3.12. The molecule has 0 fully saturated rings. The Balaban J connectivity index is 2.11. The molecule has 7 heteroatoms. The first-order valence-electron chi connectivity index (χ1n) is 6.82. The Morgan fingerprint density at radius 1 is 1.04 bits per heavy atom. The number of sulfonamides is 1. The van der Waals surface area contributed by atoms with E-state index in [0.717, 1.165) is 11.8 Å². The predicted molar refractivity (Wildman–Crippen MR) is 90.6 cm³/mol. The quantitative estimate of drug-likeness (QED) is 0.880. The van der Waals surface area contributed by atoms with E-state index in [1.807, 2.05) is 13.0 Å². The fraction of sp³-hybridized carbons (Fsp3) is 0.188. The lowest BCUT2D eigenvalue weighted by Gasteiger charge is -2.09. The fourth-order valence-corrected chi connectivity index (χ4v) is 2.56. The second-order valence-corrected chi connectivity index (χ2v) is 6.84. The van der Waals surface area contributed by atoms with Crippen molar-refractivity contribution in [1.82, 2.24) is 0 Å². The second kappa shape index (κ2) is 6.70. The van der Waals surface area contributed by atoms with Crippen LogP contribution in [-0.4, -0.2) is 27.7 Å². The fourth-order valence-electron chi connectivity index (χ4n) is 2.00. The summed E-state index contributed by atoms with van der Waals surface area (Å²) in [4.78, 5) is 12.2. The Morgan fingerprint density at radius 3 is 2.22 bits per heavy atom. The molecule has 0 aromatic heterocycles. The molecule has 0 radical (unpaired) electrons. The predicted octanol–water partition coefficient (Wildman–Crippen LogP) is 2.63. The number of hydrogen-bond donors (Lipinski definition) is 2. The van der Waals surface area contributed by atoms with Crippen LogP contribution in [0.3, 0.4) is 0 Å². The molecule has 6 nitrogen and oxygen atoms in total. The van der Waals surface area contributed by atoms with Crippen LogP contribution in [0.25, 0.3) is 0 Å². The first-order chi connectivity index (χ1) is 10.8. The van der Waals surface area contributed by atoms with Crippen molar-refractivity contribution < 1.29 is 17.9 Å². The molecule has 2 aromatic rings. The molecule has 0 spiro atoms. The number of ether oxygens (including phenoxy) is 1. The molecule has 0 bridgehead atoms. The van der Waals surface area contributed by atoms with Crippen LogP contribution in [0.5, 0.6) is 5.75 Å². The molecule has 0 aliphatic heterocycles. The van der Waals surface area contributed by atoms with E-state index in [9.17, 15) is 13.2 Å². The maximum absolute atomic E-state index is 12.2. The van der Waals surface area contributed by atoms with E-state index in [1.165, 1.54) is 0 Å². The van der Waals surface area contributed by atoms with Gasteiger partial charge in [0.15, 0.2) is 0 Å². The van der Waals surface area contributed by atoms with Gasteiger partial charge in [-0.2, -0.15) is 0 Å². The maximum Gasteiger partial charge on any atom is 0.255 e. The molecular weight excluding hydrogens is 316 g/mol. The smallest absolute Gasteiger partial charge is 0.255 e. The van der Waals surface area contributed by atoms with Crippen molar-refractivity contribution in [3.8, 4) is 5.75 Å². The summed E-state index contributed by atoms with van der Waals surface area (Å²) in [6.45, 7) is 1.90. The Morgan fingerprint density at radius 2 is 1.65 bits per heavy atom. The van der Waals surface area contributed by atoms with Crippen LogP contribution in [0, 0.1) is 6.92 Å². The Kier molecular flexibility index (Phi) is 4.90. The van der Waals surface area contributed by atoms with Gasteiger partial charge in [-0.05, 0) is 48.9 Å². The lowest BCUT2D eigenvalue weighted by Crippen LogP contribution is -2.12. The van der Waals surface area contributed by atoms with Gasteiger partial charge in [0.2, 0.25) is 10.0 Å². The van der Waals surface area contributed by atoms with E-state index in [4.69, 9.17) is 4.74 Å². The van der Waals surface area contributed by atoms with E-state index in [2.05, 4.69) is 10.0 Å². The van der Waals surface area contributed by atoms with Crippen LogP contribution in [0.4, 0.5) is 11.4 Å². The standard InChI is InChI=1S/C16H18N2O4S/c1-11-4-5-12(10-15(11)22-2)16(19)17-13-6-8-14(9-7-13)18-23(3,20)21/h4-10,18H,1-3H3,(H,17,19). The lowest BCUT2D eigenvalue weighted by atomic mass is 10.1. The number of aryl methyl sites for hydroxylation is 1. The highest BCUT2D eigenvalue weighted by atomic mass is 32.2. The molecule has 0 aliphatic carbocycles. The van der Waals surface area contributed by atoms with Crippen LogP contribution < -0.4 is 14.8 Å². The molecular formula is C16H18N2O4S. The van der Waals surface area contributed by atoms with Gasteiger partial charge in [-0.15, -0.1) is 0 Å². The number of rotatable bonds is 5. The minimum absolute atomic E-state index is 0.271. The zero-order valence-corrected chi connectivity index (χ0v) is 13.9. The van der Waals surface area contributed by atoms with Gasteiger partial charge in [0.1, 0.15) is 5.75 Å². The number of nitrogens with one attached hydrogen (secondary N) is 2. The summed E-state index contributed by atoms with van der Waals surface area (Å²) in [5, 5.41) is 2.75. The first-order valence-corrected chi connectivity index (χ1v) is 8.71. The van der Waals surface area contributed by atoms with Crippen molar-refractivity contribution in [2.24, 2.45) is 0 Å². The summed E-state index contributed by atoms with van der Waals surface area (Å²) in [5.41, 5.74) is 2.42. The van der Waals surface area contributed by atoms with Crippen LogP contribution in [0.2, 0.25) is 0 Å². The van der Waals surface area contributed by atoms with Gasteiger partial charge in [-0.25, -0.2) is 8.42 Å². The number of amides is 1. The Bertz CT molecular complexity index is 814. The summed E-state index contributed by atoms with van der Waals surface area (Å²) < 4.78 is 29.8. The molecule has 2 N–H and O–H groups in total. The molecule has 2 aromatic carbocycles. The highest BCUT2D eigenvalue weighted by molar-refractivity contribution is 7.92. The van der Waals surface area contributed by atoms with Crippen molar-refractivity contribution in [3.05, 3.63) is 53.6 Å². The summed E-state index contributed by atoms with van der Waals surface area (Å²) in [5.74, 6) is 0.373. The van der Waals surface area contributed by atoms with Crippen LogP contribution >= 0.6 is 0 Å². The van der Waals surface area contributed by atoms with Crippen molar-refractivity contribution in [3.63, 3.8) is 0 Å². The van der Waals surface area contributed by atoms with Gasteiger partial charge in [0.05, 0.1) is 13.4 Å². The monoisotopic (exact) mass is 334 g/mol. The molecule has 1 amide bonds. The summed E-state index contributed by atoms with van der Waals surface area (Å²) >= 11 is 0. The minimum atomic E-state index is -3.32. The van der Waals surface area contributed by atoms with Crippen LogP contribution in [0.1, 0.15) is 15.9 Å². The van der Waals surface area contributed by atoms with Gasteiger partial charge in [-0.3, -0.25) is 9.52 Å². The van der Waals surface area contributed by atoms with E-state index >= 15 is 0 Å². The largest absolute Gasteiger partial charge is 0.496 e. The first kappa shape index (κ1) is 16.8. The van der Waals surface area contributed by atoms with Gasteiger partial charge >= 0.3 is 0 Å². The average Bonchev–Trinajstić information content (AvgIpc) is 2.48. The molecule has 2 rings (SSSR count). The Labute approximate surface area is 135 Å². The highest BCUT2D eigenvalue weighted by Gasteiger charge is 2.09. The van der Waals surface area contributed by atoms with Gasteiger partial charge in [0, 0.05) is 16.9 Å². The summed E-state index contributed by atoms with van der Waals surface area (Å²) in [6, 6.07) is 11.6. The Hall–Kier alpha value is -2.54. The SMILES string of the molecule is COc1cc(C(=O)Nc2ccc(NS(C)(=O)=O)cc2)ccc1C. The van der Waals surface area contributed by atoms with Crippen LogP contribution in [-0.2, 0) is 10.0 Å². The molecule has 0 atom stereocenters. The third kappa shape index (κ3) is 4.72.